The van der Waals surface area contributed by atoms with E-state index >= 15 is 0 Å². The minimum Gasteiger partial charge on any atom is -0.507 e. The first kappa shape index (κ1) is 24.6. The number of benzene rings is 2. The zero-order chi connectivity index (χ0) is 26.2. The molecule has 0 atom stereocenters. The van der Waals surface area contributed by atoms with Gasteiger partial charge in [-0.25, -0.2) is 19.6 Å². The monoisotopic (exact) mass is 497 g/mol. The van der Waals surface area contributed by atoms with Crippen LogP contribution in [0.2, 0.25) is 0 Å². The van der Waals surface area contributed by atoms with Gasteiger partial charge >= 0.3 is 11.9 Å². The van der Waals surface area contributed by atoms with Gasteiger partial charge in [-0.3, -0.25) is 4.99 Å². The predicted octanol–water partition coefficient (Wildman–Crippen LogP) is 5.27. The van der Waals surface area contributed by atoms with Gasteiger partial charge in [0.05, 0.1) is 11.3 Å². The predicted molar refractivity (Wildman–Crippen MR) is 135 cm³/mol. The fourth-order valence-corrected chi connectivity index (χ4v) is 3.13. The number of oxazole rings is 2. The van der Waals surface area contributed by atoms with Crippen molar-refractivity contribution in [3.63, 3.8) is 0 Å². The first-order chi connectivity index (χ1) is 17.9. The van der Waals surface area contributed by atoms with Gasteiger partial charge in [-0.2, -0.15) is 0 Å². The second kappa shape index (κ2) is 11.3. The molecule has 10 nitrogen and oxygen atoms in total. The van der Waals surface area contributed by atoms with Crippen LogP contribution in [0.15, 0.2) is 105 Å². The Labute approximate surface area is 209 Å². The molecule has 4 rings (SSSR count). The van der Waals surface area contributed by atoms with Crippen molar-refractivity contribution in [2.75, 3.05) is 0 Å². The summed E-state index contributed by atoms with van der Waals surface area (Å²) < 4.78 is 10.6. The Bertz CT molecular complexity index is 1530. The molecule has 4 aromatic rings. The van der Waals surface area contributed by atoms with Crippen molar-refractivity contribution < 1.29 is 33.7 Å². The number of nitrogens with zero attached hydrogens (tertiary/aromatic N) is 3. The Morgan fingerprint density at radius 2 is 1.38 bits per heavy atom. The van der Waals surface area contributed by atoms with Gasteiger partial charge in [0.15, 0.2) is 0 Å². The summed E-state index contributed by atoms with van der Waals surface area (Å²) in [5.41, 5.74) is 0.489. The van der Waals surface area contributed by atoms with Crippen LogP contribution in [0.3, 0.4) is 0 Å². The zero-order valence-electron chi connectivity index (χ0n) is 19.1. The SMILES string of the molecule is O=C(O)/C(=C\C=Nc1ccccc1)c1coc(-c2nc(/C(C(=O)O)=C(O)/C=C/c3ccccc3)co2)n1. The van der Waals surface area contributed by atoms with E-state index in [1.165, 1.54) is 18.4 Å². The van der Waals surface area contributed by atoms with Gasteiger partial charge in [-0.1, -0.05) is 54.6 Å². The summed E-state index contributed by atoms with van der Waals surface area (Å²) in [6, 6.07) is 17.9. The lowest BCUT2D eigenvalue weighted by Gasteiger charge is -2.00. The van der Waals surface area contributed by atoms with Gasteiger partial charge < -0.3 is 24.2 Å². The molecule has 2 heterocycles. The summed E-state index contributed by atoms with van der Waals surface area (Å²) >= 11 is 0. The minimum absolute atomic E-state index is 0.0237. The minimum atomic E-state index is -1.43. The van der Waals surface area contributed by atoms with E-state index in [-0.39, 0.29) is 28.7 Å². The van der Waals surface area contributed by atoms with Crippen molar-refractivity contribution in [2.24, 2.45) is 4.99 Å². The topological polar surface area (TPSA) is 159 Å². The van der Waals surface area contributed by atoms with Crippen molar-refractivity contribution in [1.82, 2.24) is 9.97 Å². The van der Waals surface area contributed by atoms with Crippen LogP contribution < -0.4 is 0 Å². The third-order valence-corrected chi connectivity index (χ3v) is 4.88. The number of allylic oxidation sites excluding steroid dienone is 2. The highest BCUT2D eigenvalue weighted by atomic mass is 16.4. The molecule has 10 heteroatoms. The standard InChI is InChI=1S/C27H19N3O7/c31-22(12-11-17-7-3-1-4-8-17)23(27(34)35)21-16-37-25(30-21)24-29-20(15-36-24)19(26(32)33)13-14-28-18-9-5-2-6-10-18/h1-16,31H,(H,32,33)(H,34,35)/b12-11+,19-13-,23-22+,28-14?. The Kier molecular flexibility index (Phi) is 7.50. The zero-order valence-corrected chi connectivity index (χ0v) is 19.1. The number of carbonyl (C=O) groups is 2. The number of aliphatic hydroxyl groups is 1. The molecule has 0 spiro atoms. The second-order valence-electron chi connectivity index (χ2n) is 7.38. The van der Waals surface area contributed by atoms with E-state index in [0.717, 1.165) is 18.1 Å². The highest BCUT2D eigenvalue weighted by Gasteiger charge is 2.23. The summed E-state index contributed by atoms with van der Waals surface area (Å²) in [7, 11) is 0. The molecule has 0 bridgehead atoms. The van der Waals surface area contributed by atoms with Gasteiger partial charge in [0.25, 0.3) is 11.8 Å². The summed E-state index contributed by atoms with van der Waals surface area (Å²) in [5.74, 6) is -3.63. The summed E-state index contributed by atoms with van der Waals surface area (Å²) in [4.78, 5) is 35.9. The molecule has 0 saturated carbocycles. The maximum absolute atomic E-state index is 11.8. The first-order valence-electron chi connectivity index (χ1n) is 10.8. The second-order valence-corrected chi connectivity index (χ2v) is 7.38. The van der Waals surface area contributed by atoms with E-state index < -0.39 is 23.3 Å². The van der Waals surface area contributed by atoms with E-state index in [2.05, 4.69) is 15.0 Å². The lowest BCUT2D eigenvalue weighted by atomic mass is 10.1. The third-order valence-electron chi connectivity index (χ3n) is 4.88. The molecule has 0 fully saturated rings. The number of carboxylic acid groups (broad SMARTS) is 2. The summed E-state index contributed by atoms with van der Waals surface area (Å²) in [6.45, 7) is 0. The molecular weight excluding hydrogens is 478 g/mol. The third kappa shape index (κ3) is 6.14. The van der Waals surface area contributed by atoms with E-state index in [4.69, 9.17) is 8.83 Å². The molecule has 37 heavy (non-hydrogen) atoms. The van der Waals surface area contributed by atoms with Crippen molar-refractivity contribution in [3.05, 3.63) is 108 Å². The number of hydrogen-bond acceptors (Lipinski definition) is 8. The van der Waals surface area contributed by atoms with Crippen LogP contribution in [0, 0.1) is 0 Å². The molecular formula is C27H19N3O7. The number of aromatic nitrogens is 2. The maximum Gasteiger partial charge on any atom is 0.341 e. The molecule has 0 amide bonds. The van der Waals surface area contributed by atoms with Crippen LogP contribution in [0.5, 0.6) is 0 Å². The number of carboxylic acids is 2. The number of rotatable bonds is 9. The van der Waals surface area contributed by atoms with E-state index in [1.807, 2.05) is 12.1 Å². The molecule has 184 valence electrons. The van der Waals surface area contributed by atoms with Crippen molar-refractivity contribution in [2.45, 2.75) is 0 Å². The first-order valence-corrected chi connectivity index (χ1v) is 10.8. The fourth-order valence-electron chi connectivity index (χ4n) is 3.13. The van der Waals surface area contributed by atoms with Crippen LogP contribution in [0.4, 0.5) is 5.69 Å². The molecule has 0 saturated heterocycles. The Hall–Kier alpha value is -5.51. The van der Waals surface area contributed by atoms with E-state index in [1.54, 1.807) is 54.6 Å². The lowest BCUT2D eigenvalue weighted by Crippen LogP contribution is -2.03. The molecule has 0 aliphatic rings. The largest absolute Gasteiger partial charge is 0.507 e. The fraction of sp³-hybridized carbons (Fsp3) is 0. The van der Waals surface area contributed by atoms with Crippen LogP contribution >= 0.6 is 0 Å². The van der Waals surface area contributed by atoms with Gasteiger partial charge in [-0.15, -0.1) is 0 Å². The Balaban J connectivity index is 1.59. The number of aliphatic hydroxyl groups excluding tert-OH is 1. The highest BCUT2D eigenvalue weighted by molar-refractivity contribution is 6.18. The molecule has 2 aromatic carbocycles. The van der Waals surface area contributed by atoms with Gasteiger partial charge in [0.1, 0.15) is 35.2 Å². The molecule has 0 aliphatic carbocycles. The molecule has 3 N–H and O–H groups in total. The smallest absolute Gasteiger partial charge is 0.341 e. The summed E-state index contributed by atoms with van der Waals surface area (Å²) in [6.07, 6.45) is 7.49. The number of aliphatic imine (C=N–C) groups is 1. The number of hydrogen-bond donors (Lipinski definition) is 3. The van der Waals surface area contributed by atoms with Crippen LogP contribution in [0.25, 0.3) is 29.0 Å². The number of para-hydroxylation sites is 1. The Morgan fingerprint density at radius 3 is 2.00 bits per heavy atom. The van der Waals surface area contributed by atoms with E-state index in [0.29, 0.717) is 5.69 Å². The normalized spacial score (nSPS) is 12.7. The summed E-state index contributed by atoms with van der Waals surface area (Å²) in [5, 5.41) is 29.6. The molecule has 0 radical (unpaired) electrons. The Morgan fingerprint density at radius 1 is 0.784 bits per heavy atom. The molecule has 0 aliphatic heterocycles. The average Bonchev–Trinajstić information content (AvgIpc) is 3.57. The van der Waals surface area contributed by atoms with Gasteiger partial charge in [0.2, 0.25) is 0 Å². The molecule has 0 unspecified atom stereocenters. The lowest BCUT2D eigenvalue weighted by molar-refractivity contribution is -0.131. The number of aliphatic carboxylic acids is 2. The van der Waals surface area contributed by atoms with Gasteiger partial charge in [-0.05, 0) is 29.8 Å². The van der Waals surface area contributed by atoms with Crippen LogP contribution in [-0.4, -0.2) is 43.4 Å². The van der Waals surface area contributed by atoms with Crippen molar-refractivity contribution >= 4 is 41.1 Å². The van der Waals surface area contributed by atoms with Crippen molar-refractivity contribution in [3.8, 4) is 11.8 Å². The van der Waals surface area contributed by atoms with Crippen LogP contribution in [0.1, 0.15) is 17.0 Å². The quantitative estimate of drug-likeness (QED) is 0.121. The maximum atomic E-state index is 11.8. The van der Waals surface area contributed by atoms with Crippen LogP contribution in [-0.2, 0) is 9.59 Å². The van der Waals surface area contributed by atoms with E-state index in [9.17, 15) is 24.9 Å². The molecule has 2 aromatic heterocycles. The van der Waals surface area contributed by atoms with Gasteiger partial charge in [0, 0.05) is 6.21 Å². The van der Waals surface area contributed by atoms with Crippen molar-refractivity contribution in [1.29, 1.82) is 0 Å². The average molecular weight is 497 g/mol. The highest BCUT2D eigenvalue weighted by Crippen LogP contribution is 2.26.